The quantitative estimate of drug-likeness (QED) is 0.803. The minimum Gasteiger partial charge on any atom is -0.489 e. The zero-order valence-corrected chi connectivity index (χ0v) is 15.6. The summed E-state index contributed by atoms with van der Waals surface area (Å²) in [6, 6.07) is 19.1. The number of nitriles is 1. The van der Waals surface area contributed by atoms with Crippen LogP contribution in [0.3, 0.4) is 0 Å². The average Bonchev–Trinajstić information content (AvgIpc) is 2.72. The molecule has 28 heavy (non-hydrogen) atoms. The van der Waals surface area contributed by atoms with E-state index in [4.69, 9.17) is 19.9 Å². The van der Waals surface area contributed by atoms with Crippen molar-refractivity contribution in [2.45, 2.75) is 19.4 Å². The maximum Gasteiger partial charge on any atom is 0.338 e. The summed E-state index contributed by atoms with van der Waals surface area (Å²) in [6.45, 7) is 2.02. The number of esters is 1. The minimum atomic E-state index is -0.688. The molecule has 0 unspecified atom stereocenters. The van der Waals surface area contributed by atoms with Crippen LogP contribution in [0.15, 0.2) is 77.4 Å². The van der Waals surface area contributed by atoms with Crippen molar-refractivity contribution in [1.29, 1.82) is 5.26 Å². The van der Waals surface area contributed by atoms with E-state index in [0.717, 1.165) is 5.56 Å². The molecule has 2 N–H and O–H groups in total. The summed E-state index contributed by atoms with van der Waals surface area (Å²) in [6.07, 6.45) is 0. The van der Waals surface area contributed by atoms with Crippen LogP contribution in [-0.4, -0.2) is 13.1 Å². The van der Waals surface area contributed by atoms with Gasteiger partial charge in [-0.25, -0.2) is 4.79 Å². The maximum absolute atomic E-state index is 12.4. The van der Waals surface area contributed by atoms with Crippen LogP contribution in [0.1, 0.15) is 24.0 Å². The molecule has 142 valence electrons. The zero-order valence-electron chi connectivity index (χ0n) is 15.6. The molecule has 0 radical (unpaired) electrons. The van der Waals surface area contributed by atoms with Crippen LogP contribution in [0.2, 0.25) is 0 Å². The highest BCUT2D eigenvalue weighted by Gasteiger charge is 2.36. The predicted molar refractivity (Wildman–Crippen MR) is 103 cm³/mol. The molecule has 0 spiro atoms. The molecule has 1 aliphatic heterocycles. The zero-order chi connectivity index (χ0) is 20.1. The lowest BCUT2D eigenvalue weighted by Gasteiger charge is -2.26. The lowest BCUT2D eigenvalue weighted by atomic mass is 9.83. The summed E-state index contributed by atoms with van der Waals surface area (Å²) in [7, 11) is 1.28. The van der Waals surface area contributed by atoms with Crippen molar-refractivity contribution in [1.82, 2.24) is 0 Å². The summed E-state index contributed by atoms with van der Waals surface area (Å²) >= 11 is 0. The fourth-order valence-electron chi connectivity index (χ4n) is 3.11. The molecule has 3 rings (SSSR count). The van der Waals surface area contributed by atoms with Crippen molar-refractivity contribution in [3.63, 3.8) is 0 Å². The summed E-state index contributed by atoms with van der Waals surface area (Å²) in [5, 5.41) is 9.60. The van der Waals surface area contributed by atoms with Crippen molar-refractivity contribution < 1.29 is 19.0 Å². The number of carbonyl (C=O) groups excluding carboxylic acids is 1. The highest BCUT2D eigenvalue weighted by Crippen LogP contribution is 2.40. The van der Waals surface area contributed by atoms with Crippen molar-refractivity contribution in [2.24, 2.45) is 5.73 Å². The van der Waals surface area contributed by atoms with Gasteiger partial charge in [-0.15, -0.1) is 0 Å². The fraction of sp³-hybridized carbons (Fsp3) is 0.182. The van der Waals surface area contributed by atoms with Gasteiger partial charge in [0.15, 0.2) is 0 Å². The molecule has 6 nitrogen and oxygen atoms in total. The van der Waals surface area contributed by atoms with Gasteiger partial charge in [-0.1, -0.05) is 42.5 Å². The molecule has 1 heterocycles. The second-order valence-electron chi connectivity index (χ2n) is 6.23. The highest BCUT2D eigenvalue weighted by molar-refractivity contribution is 5.92. The normalized spacial score (nSPS) is 16.2. The van der Waals surface area contributed by atoms with Gasteiger partial charge in [-0.05, 0) is 30.2 Å². The predicted octanol–water partition coefficient (Wildman–Crippen LogP) is 3.52. The van der Waals surface area contributed by atoms with Gasteiger partial charge >= 0.3 is 5.97 Å². The summed E-state index contributed by atoms with van der Waals surface area (Å²) in [5.74, 6) is -0.354. The molecule has 1 atom stereocenters. The molecular formula is C22H20N2O4. The molecule has 0 aromatic heterocycles. The first-order chi connectivity index (χ1) is 13.5. The van der Waals surface area contributed by atoms with E-state index in [-0.39, 0.29) is 17.0 Å². The number of nitrogens with zero attached hydrogens (tertiary/aromatic N) is 1. The first-order valence-corrected chi connectivity index (χ1v) is 8.68. The Balaban J connectivity index is 1.96. The molecule has 0 bridgehead atoms. The fourth-order valence-corrected chi connectivity index (χ4v) is 3.11. The smallest absolute Gasteiger partial charge is 0.338 e. The first-order valence-electron chi connectivity index (χ1n) is 8.68. The second-order valence-corrected chi connectivity index (χ2v) is 6.23. The number of ether oxygens (including phenoxy) is 3. The summed E-state index contributed by atoms with van der Waals surface area (Å²) in [5.41, 5.74) is 8.03. The van der Waals surface area contributed by atoms with Gasteiger partial charge in [0, 0.05) is 0 Å². The molecule has 0 saturated carbocycles. The Morgan fingerprint density at radius 3 is 2.64 bits per heavy atom. The van der Waals surface area contributed by atoms with Crippen molar-refractivity contribution >= 4 is 5.97 Å². The lowest BCUT2D eigenvalue weighted by molar-refractivity contribution is -0.136. The van der Waals surface area contributed by atoms with Crippen LogP contribution in [0.5, 0.6) is 5.75 Å². The number of nitrogens with two attached hydrogens (primary N) is 1. The van der Waals surface area contributed by atoms with E-state index in [0.29, 0.717) is 23.7 Å². The van der Waals surface area contributed by atoms with Gasteiger partial charge in [0.05, 0.1) is 18.6 Å². The van der Waals surface area contributed by atoms with Gasteiger partial charge in [-0.3, -0.25) is 0 Å². The first kappa shape index (κ1) is 19.1. The number of hydrogen-bond donors (Lipinski definition) is 1. The van der Waals surface area contributed by atoms with Crippen molar-refractivity contribution in [3.8, 4) is 11.8 Å². The van der Waals surface area contributed by atoms with Crippen LogP contribution in [0.4, 0.5) is 0 Å². The Kier molecular flexibility index (Phi) is 5.66. The molecule has 0 fully saturated rings. The van der Waals surface area contributed by atoms with Crippen molar-refractivity contribution in [2.75, 3.05) is 7.11 Å². The van der Waals surface area contributed by atoms with Crippen LogP contribution in [0.25, 0.3) is 0 Å². The van der Waals surface area contributed by atoms with Gasteiger partial charge in [0.25, 0.3) is 0 Å². The third-order valence-corrected chi connectivity index (χ3v) is 4.45. The van der Waals surface area contributed by atoms with E-state index in [1.807, 2.05) is 42.5 Å². The summed E-state index contributed by atoms with van der Waals surface area (Å²) in [4.78, 5) is 12.4. The largest absolute Gasteiger partial charge is 0.489 e. The standard InChI is InChI=1S/C22H20N2O4/c1-14-19(22(25)26-2)20(18(12-23)21(24)28-14)16-9-6-10-17(11-16)27-13-15-7-4-3-5-8-15/h3-11,20H,13,24H2,1-2H3/t20-/m0/s1. The molecule has 6 heteroatoms. The van der Waals surface area contributed by atoms with Crippen LogP contribution in [-0.2, 0) is 20.9 Å². The molecule has 0 saturated heterocycles. The number of allylic oxidation sites excluding steroid dienone is 2. The third kappa shape index (κ3) is 3.84. The SMILES string of the molecule is COC(=O)C1=C(C)OC(N)=C(C#N)[C@@H]1c1cccc(OCc2ccccc2)c1. The Bertz CT molecular complexity index is 987. The van der Waals surface area contributed by atoms with Gasteiger partial charge < -0.3 is 19.9 Å². The highest BCUT2D eigenvalue weighted by atomic mass is 16.5. The Hall–Kier alpha value is -3.72. The van der Waals surface area contributed by atoms with E-state index in [1.165, 1.54) is 7.11 Å². The van der Waals surface area contributed by atoms with Gasteiger partial charge in [0.2, 0.25) is 5.88 Å². The van der Waals surface area contributed by atoms with E-state index in [2.05, 4.69) is 6.07 Å². The maximum atomic E-state index is 12.4. The monoisotopic (exact) mass is 376 g/mol. The van der Waals surface area contributed by atoms with Crippen LogP contribution in [0, 0.1) is 11.3 Å². The Labute approximate surface area is 163 Å². The topological polar surface area (TPSA) is 94.6 Å². The molecular weight excluding hydrogens is 356 g/mol. The minimum absolute atomic E-state index is 0.0201. The van der Waals surface area contributed by atoms with Crippen LogP contribution >= 0.6 is 0 Å². The number of carbonyl (C=O) groups is 1. The number of hydrogen-bond acceptors (Lipinski definition) is 6. The molecule has 0 aliphatic carbocycles. The molecule has 1 aliphatic rings. The van der Waals surface area contributed by atoms with E-state index < -0.39 is 11.9 Å². The van der Waals surface area contributed by atoms with E-state index in [1.54, 1.807) is 19.1 Å². The number of rotatable bonds is 5. The second kappa shape index (κ2) is 8.31. The lowest BCUT2D eigenvalue weighted by Crippen LogP contribution is -2.25. The van der Waals surface area contributed by atoms with Gasteiger partial charge in [-0.2, -0.15) is 5.26 Å². The van der Waals surface area contributed by atoms with E-state index in [9.17, 15) is 10.1 Å². The average molecular weight is 376 g/mol. The molecule has 2 aromatic rings. The van der Waals surface area contributed by atoms with Gasteiger partial charge in [0.1, 0.15) is 29.8 Å². The van der Waals surface area contributed by atoms with E-state index >= 15 is 0 Å². The third-order valence-electron chi connectivity index (χ3n) is 4.45. The molecule has 2 aromatic carbocycles. The molecule has 0 amide bonds. The number of methoxy groups -OCH3 is 1. The van der Waals surface area contributed by atoms with Crippen molar-refractivity contribution in [3.05, 3.63) is 88.5 Å². The van der Waals surface area contributed by atoms with Crippen LogP contribution < -0.4 is 10.5 Å². The Morgan fingerprint density at radius 1 is 1.21 bits per heavy atom. The number of benzene rings is 2. The summed E-state index contributed by atoms with van der Waals surface area (Å²) < 4.78 is 16.2. The Morgan fingerprint density at radius 2 is 1.96 bits per heavy atom.